The zero-order valence-electron chi connectivity index (χ0n) is 8.49. The van der Waals surface area contributed by atoms with E-state index in [1.165, 1.54) is 13.8 Å². The molecule has 14 heavy (non-hydrogen) atoms. The lowest BCUT2D eigenvalue weighted by Crippen LogP contribution is -2.09. The SMILES string of the molecule is CC(=O)OC(OC(C)=O)=C(C)CCO. The first-order chi connectivity index (χ1) is 6.47. The number of aliphatic hydroxyl groups is 1. The van der Waals surface area contributed by atoms with Gasteiger partial charge in [0.2, 0.25) is 0 Å². The molecule has 0 bridgehead atoms. The number of carbonyl (C=O) groups is 2. The van der Waals surface area contributed by atoms with Gasteiger partial charge in [-0.1, -0.05) is 0 Å². The minimum atomic E-state index is -0.571. The first-order valence-electron chi connectivity index (χ1n) is 4.14. The molecule has 0 saturated heterocycles. The topological polar surface area (TPSA) is 72.8 Å². The van der Waals surface area contributed by atoms with Crippen molar-refractivity contribution in [1.82, 2.24) is 0 Å². The van der Waals surface area contributed by atoms with Crippen LogP contribution in [0.25, 0.3) is 0 Å². The van der Waals surface area contributed by atoms with E-state index in [0.717, 1.165) is 0 Å². The minimum Gasteiger partial charge on any atom is -0.396 e. The summed E-state index contributed by atoms with van der Waals surface area (Å²) in [6.07, 6.45) is 0.288. The third kappa shape index (κ3) is 5.31. The maximum absolute atomic E-state index is 10.6. The van der Waals surface area contributed by atoms with Crippen molar-refractivity contribution < 1.29 is 24.2 Å². The van der Waals surface area contributed by atoms with Crippen LogP contribution in [0.2, 0.25) is 0 Å². The summed E-state index contributed by atoms with van der Waals surface area (Å²) in [7, 11) is 0. The van der Waals surface area contributed by atoms with E-state index < -0.39 is 11.9 Å². The third-order valence-corrected chi connectivity index (χ3v) is 1.31. The molecule has 0 aliphatic carbocycles. The van der Waals surface area contributed by atoms with Crippen LogP contribution in [-0.2, 0) is 19.1 Å². The highest BCUT2D eigenvalue weighted by Crippen LogP contribution is 2.11. The Morgan fingerprint density at radius 3 is 1.79 bits per heavy atom. The number of aliphatic hydroxyl groups excluding tert-OH is 1. The van der Waals surface area contributed by atoms with Gasteiger partial charge < -0.3 is 14.6 Å². The maximum atomic E-state index is 10.6. The number of hydrogen-bond donors (Lipinski definition) is 1. The smallest absolute Gasteiger partial charge is 0.310 e. The van der Waals surface area contributed by atoms with Crippen molar-refractivity contribution in [3.8, 4) is 0 Å². The van der Waals surface area contributed by atoms with Crippen LogP contribution in [-0.4, -0.2) is 23.7 Å². The monoisotopic (exact) mass is 202 g/mol. The standard InChI is InChI=1S/C9H14O5/c1-6(4-5-10)9(13-7(2)11)14-8(3)12/h10H,4-5H2,1-3H3. The molecule has 0 aromatic carbocycles. The molecule has 0 saturated carbocycles. The Labute approximate surface area is 82.3 Å². The molecule has 1 N–H and O–H groups in total. The van der Waals surface area contributed by atoms with Gasteiger partial charge in [0.1, 0.15) is 0 Å². The summed E-state index contributed by atoms with van der Waals surface area (Å²) in [6.45, 7) is 3.92. The molecule has 5 heteroatoms. The first-order valence-corrected chi connectivity index (χ1v) is 4.14. The summed E-state index contributed by atoms with van der Waals surface area (Å²) >= 11 is 0. The van der Waals surface area contributed by atoms with Gasteiger partial charge in [-0.3, -0.25) is 9.59 Å². The maximum Gasteiger partial charge on any atom is 0.310 e. The molecule has 0 atom stereocenters. The molecule has 0 rings (SSSR count). The van der Waals surface area contributed by atoms with E-state index >= 15 is 0 Å². The van der Waals surface area contributed by atoms with Crippen molar-refractivity contribution in [1.29, 1.82) is 0 Å². The van der Waals surface area contributed by atoms with Crippen LogP contribution in [0.5, 0.6) is 0 Å². The van der Waals surface area contributed by atoms with E-state index in [4.69, 9.17) is 5.11 Å². The zero-order valence-corrected chi connectivity index (χ0v) is 8.49. The molecule has 0 amide bonds. The van der Waals surface area contributed by atoms with Crippen LogP contribution in [0.1, 0.15) is 27.2 Å². The van der Waals surface area contributed by atoms with Crippen molar-refractivity contribution in [3.05, 3.63) is 11.5 Å². The molecule has 0 fully saturated rings. The quantitative estimate of drug-likeness (QED) is 0.537. The van der Waals surface area contributed by atoms with E-state index in [9.17, 15) is 9.59 Å². The fraction of sp³-hybridized carbons (Fsp3) is 0.556. The largest absolute Gasteiger partial charge is 0.396 e. The molecular formula is C9H14O5. The highest BCUT2D eigenvalue weighted by atomic mass is 16.7. The first kappa shape index (κ1) is 12.6. The average Bonchev–Trinajstić information content (AvgIpc) is 2.01. The van der Waals surface area contributed by atoms with Crippen LogP contribution in [0, 0.1) is 0 Å². The van der Waals surface area contributed by atoms with E-state index in [-0.39, 0.29) is 19.0 Å². The molecule has 0 aliphatic rings. The summed E-state index contributed by atoms with van der Waals surface area (Å²) in [4.78, 5) is 21.3. The minimum absolute atomic E-state index is 0.0993. The third-order valence-electron chi connectivity index (χ3n) is 1.31. The van der Waals surface area contributed by atoms with Gasteiger partial charge in [-0.2, -0.15) is 0 Å². The Bertz CT molecular complexity index is 236. The number of esters is 2. The molecule has 0 radical (unpaired) electrons. The van der Waals surface area contributed by atoms with E-state index in [2.05, 4.69) is 9.47 Å². The number of hydrogen-bond acceptors (Lipinski definition) is 5. The molecular weight excluding hydrogens is 188 g/mol. The predicted octanol–water partition coefficient (Wildman–Crippen LogP) is 0.727. The van der Waals surface area contributed by atoms with Gasteiger partial charge in [0, 0.05) is 26.0 Å². The van der Waals surface area contributed by atoms with Crippen molar-refractivity contribution in [3.63, 3.8) is 0 Å². The van der Waals surface area contributed by atoms with Gasteiger partial charge in [-0.05, 0) is 13.3 Å². The average molecular weight is 202 g/mol. The van der Waals surface area contributed by atoms with Gasteiger partial charge in [-0.25, -0.2) is 0 Å². The van der Waals surface area contributed by atoms with Gasteiger partial charge >= 0.3 is 11.9 Å². The Kier molecular flexibility index (Phi) is 5.55. The lowest BCUT2D eigenvalue weighted by atomic mass is 10.2. The van der Waals surface area contributed by atoms with Crippen LogP contribution in [0.3, 0.4) is 0 Å². The van der Waals surface area contributed by atoms with Gasteiger partial charge in [0.15, 0.2) is 0 Å². The Morgan fingerprint density at radius 2 is 1.50 bits per heavy atom. The Balaban J connectivity index is 4.59. The molecule has 0 unspecified atom stereocenters. The number of rotatable bonds is 4. The molecule has 0 aliphatic heterocycles. The fourth-order valence-electron chi connectivity index (χ4n) is 0.726. The summed E-state index contributed by atoms with van der Waals surface area (Å²) < 4.78 is 9.32. The number of ether oxygens (including phenoxy) is 2. The summed E-state index contributed by atoms with van der Waals surface area (Å²) in [5, 5.41) is 8.64. The molecule has 5 nitrogen and oxygen atoms in total. The fourth-order valence-corrected chi connectivity index (χ4v) is 0.726. The summed E-state index contributed by atoms with van der Waals surface area (Å²) in [6, 6.07) is 0. The van der Waals surface area contributed by atoms with Gasteiger partial charge in [-0.15, -0.1) is 0 Å². The molecule has 0 aromatic heterocycles. The lowest BCUT2D eigenvalue weighted by molar-refractivity contribution is -0.151. The summed E-state index contributed by atoms with van der Waals surface area (Å²) in [5.41, 5.74) is 0.512. The Hall–Kier alpha value is -1.36. The Morgan fingerprint density at radius 1 is 1.07 bits per heavy atom. The second-order valence-corrected chi connectivity index (χ2v) is 2.73. The highest BCUT2D eigenvalue weighted by molar-refractivity contribution is 5.70. The normalized spacial score (nSPS) is 9.14. The van der Waals surface area contributed by atoms with Crippen molar-refractivity contribution in [2.24, 2.45) is 0 Å². The van der Waals surface area contributed by atoms with Crippen molar-refractivity contribution >= 4 is 11.9 Å². The molecule has 80 valence electrons. The van der Waals surface area contributed by atoms with Crippen molar-refractivity contribution in [2.45, 2.75) is 27.2 Å². The van der Waals surface area contributed by atoms with Crippen LogP contribution in [0.15, 0.2) is 11.5 Å². The van der Waals surface area contributed by atoms with Crippen LogP contribution >= 0.6 is 0 Å². The molecule has 0 aromatic rings. The van der Waals surface area contributed by atoms with Crippen LogP contribution < -0.4 is 0 Å². The van der Waals surface area contributed by atoms with Crippen molar-refractivity contribution in [2.75, 3.05) is 6.61 Å². The molecule has 0 spiro atoms. The van der Waals surface area contributed by atoms with E-state index in [1.54, 1.807) is 6.92 Å². The van der Waals surface area contributed by atoms with E-state index in [0.29, 0.717) is 5.57 Å². The highest BCUT2D eigenvalue weighted by Gasteiger charge is 2.10. The number of carbonyl (C=O) groups excluding carboxylic acids is 2. The van der Waals surface area contributed by atoms with Crippen LogP contribution in [0.4, 0.5) is 0 Å². The molecule has 0 heterocycles. The van der Waals surface area contributed by atoms with E-state index in [1.807, 2.05) is 0 Å². The zero-order chi connectivity index (χ0) is 11.1. The van der Waals surface area contributed by atoms with Gasteiger partial charge in [0.05, 0.1) is 0 Å². The van der Waals surface area contributed by atoms with Gasteiger partial charge in [0.25, 0.3) is 5.95 Å². The lowest BCUT2D eigenvalue weighted by Gasteiger charge is -2.09. The second kappa shape index (κ2) is 6.15. The predicted molar refractivity (Wildman–Crippen MR) is 47.9 cm³/mol. The second-order valence-electron chi connectivity index (χ2n) is 2.73. The summed E-state index contributed by atoms with van der Waals surface area (Å²) in [5.74, 6) is -1.28.